The molecule has 0 amide bonds. The Morgan fingerprint density at radius 2 is 1.82 bits per heavy atom. The smallest absolute Gasteiger partial charge is 0.229 e. The Morgan fingerprint density at radius 1 is 1.14 bits per heavy atom. The molecular weight excluding hydrogens is 534 g/mol. The third-order valence-corrected chi connectivity index (χ3v) is 5.06. The Hall–Kier alpha value is -1.23. The number of benzene rings is 2. The Morgan fingerprint density at radius 3 is 2.43 bits per heavy atom. The Balaban J connectivity index is 0.00000392. The molecule has 2 rings (SSSR count). The maximum atomic E-state index is 11.5. The van der Waals surface area contributed by atoms with Crippen molar-refractivity contribution in [1.82, 2.24) is 10.2 Å². The van der Waals surface area contributed by atoms with E-state index < -0.39 is 10.0 Å². The first-order chi connectivity index (χ1) is 12.7. The highest BCUT2D eigenvalue weighted by molar-refractivity contribution is 14.0. The van der Waals surface area contributed by atoms with Crippen molar-refractivity contribution in [2.75, 3.05) is 25.1 Å². The number of para-hydroxylation sites is 1. The van der Waals surface area contributed by atoms with Crippen LogP contribution >= 0.6 is 47.2 Å². The minimum Gasteiger partial charge on any atom is -0.352 e. The summed E-state index contributed by atoms with van der Waals surface area (Å²) in [6.45, 7) is 0.997. The van der Waals surface area contributed by atoms with Gasteiger partial charge >= 0.3 is 0 Å². The highest BCUT2D eigenvalue weighted by Crippen LogP contribution is 2.23. The van der Waals surface area contributed by atoms with Gasteiger partial charge in [0, 0.05) is 27.2 Å². The van der Waals surface area contributed by atoms with Crippen molar-refractivity contribution in [1.29, 1.82) is 0 Å². The molecule has 0 atom stereocenters. The lowest BCUT2D eigenvalue weighted by Gasteiger charge is -2.23. The lowest BCUT2D eigenvalue weighted by Crippen LogP contribution is -2.38. The van der Waals surface area contributed by atoms with E-state index in [0.29, 0.717) is 34.8 Å². The summed E-state index contributed by atoms with van der Waals surface area (Å²) in [5, 5.41) is 4.26. The SMILES string of the molecule is CN=C(NCc1ccccc1NS(C)(=O)=O)N(C)Cc1ccc(Cl)c(Cl)c1.I. The number of sulfonamides is 1. The first-order valence-corrected chi connectivity index (χ1v) is 10.8. The van der Waals surface area contributed by atoms with E-state index in [1.54, 1.807) is 25.2 Å². The predicted molar refractivity (Wildman–Crippen MR) is 128 cm³/mol. The molecule has 0 fully saturated rings. The molecule has 6 nitrogen and oxygen atoms in total. The summed E-state index contributed by atoms with van der Waals surface area (Å²) in [7, 11) is 0.240. The van der Waals surface area contributed by atoms with Gasteiger partial charge in [-0.3, -0.25) is 9.71 Å². The van der Waals surface area contributed by atoms with Crippen LogP contribution in [0.3, 0.4) is 0 Å². The molecule has 2 N–H and O–H groups in total. The van der Waals surface area contributed by atoms with Crippen LogP contribution in [0.2, 0.25) is 10.0 Å². The summed E-state index contributed by atoms with van der Waals surface area (Å²) in [4.78, 5) is 6.21. The minimum absolute atomic E-state index is 0. The van der Waals surface area contributed by atoms with Crippen molar-refractivity contribution in [3.05, 3.63) is 63.6 Å². The highest BCUT2D eigenvalue weighted by atomic mass is 127. The second-order valence-corrected chi connectivity index (χ2v) is 8.60. The Kier molecular flexibility index (Phi) is 9.82. The van der Waals surface area contributed by atoms with Gasteiger partial charge in [0.2, 0.25) is 10.0 Å². The van der Waals surface area contributed by atoms with Gasteiger partial charge in [-0.1, -0.05) is 47.5 Å². The molecule has 154 valence electrons. The monoisotopic (exact) mass is 556 g/mol. The van der Waals surface area contributed by atoms with E-state index >= 15 is 0 Å². The van der Waals surface area contributed by atoms with Crippen molar-refractivity contribution in [3.8, 4) is 0 Å². The van der Waals surface area contributed by atoms with Crippen LogP contribution in [0, 0.1) is 0 Å². The van der Waals surface area contributed by atoms with Crippen LogP contribution in [0.4, 0.5) is 5.69 Å². The molecular formula is C18H23Cl2IN4O2S. The molecule has 2 aromatic carbocycles. The van der Waals surface area contributed by atoms with Crippen LogP contribution in [-0.4, -0.2) is 39.6 Å². The molecule has 0 aromatic heterocycles. The average molecular weight is 557 g/mol. The largest absolute Gasteiger partial charge is 0.352 e. The molecule has 0 aliphatic rings. The van der Waals surface area contributed by atoms with Gasteiger partial charge in [0.1, 0.15) is 0 Å². The molecule has 0 aliphatic carbocycles. The summed E-state index contributed by atoms with van der Waals surface area (Å²) in [6.07, 6.45) is 1.13. The zero-order valence-corrected chi connectivity index (χ0v) is 20.4. The van der Waals surface area contributed by atoms with Crippen molar-refractivity contribution < 1.29 is 8.42 Å². The molecule has 10 heteroatoms. The quantitative estimate of drug-likeness (QED) is 0.318. The Labute approximate surface area is 193 Å². The van der Waals surface area contributed by atoms with Gasteiger partial charge < -0.3 is 10.2 Å². The van der Waals surface area contributed by atoms with E-state index in [-0.39, 0.29) is 24.0 Å². The second kappa shape index (κ2) is 11.1. The van der Waals surface area contributed by atoms with Gasteiger partial charge in [0.15, 0.2) is 5.96 Å². The molecule has 0 unspecified atom stereocenters. The lowest BCUT2D eigenvalue weighted by molar-refractivity contribution is 0.476. The van der Waals surface area contributed by atoms with Crippen molar-refractivity contribution in [2.24, 2.45) is 4.99 Å². The summed E-state index contributed by atoms with van der Waals surface area (Å²) < 4.78 is 25.6. The van der Waals surface area contributed by atoms with Gasteiger partial charge in [-0.25, -0.2) is 8.42 Å². The fraction of sp³-hybridized carbons (Fsp3) is 0.278. The topological polar surface area (TPSA) is 73.8 Å². The predicted octanol–water partition coefficient (Wildman–Crippen LogP) is 4.19. The standard InChI is InChI=1S/C18H22Cl2N4O2S.HI/c1-21-18(24(2)12-13-8-9-15(19)16(20)10-13)22-11-14-6-4-5-7-17(14)23-27(3,25)26;/h4-10,23H,11-12H2,1-3H3,(H,21,22);1H. The third-order valence-electron chi connectivity index (χ3n) is 3.73. The van der Waals surface area contributed by atoms with E-state index in [2.05, 4.69) is 15.0 Å². The van der Waals surface area contributed by atoms with Crippen molar-refractivity contribution in [3.63, 3.8) is 0 Å². The Bertz CT molecular complexity index is 939. The normalized spacial score (nSPS) is 11.5. The zero-order valence-electron chi connectivity index (χ0n) is 15.7. The first kappa shape index (κ1) is 24.8. The third kappa shape index (κ3) is 7.65. The van der Waals surface area contributed by atoms with Gasteiger partial charge in [0.25, 0.3) is 0 Å². The molecule has 2 aromatic rings. The molecule has 28 heavy (non-hydrogen) atoms. The van der Waals surface area contributed by atoms with Gasteiger partial charge in [0.05, 0.1) is 22.0 Å². The number of anilines is 1. The highest BCUT2D eigenvalue weighted by Gasteiger charge is 2.11. The molecule has 0 bridgehead atoms. The number of aliphatic imine (C=N–C) groups is 1. The van der Waals surface area contributed by atoms with E-state index in [9.17, 15) is 8.42 Å². The first-order valence-electron chi connectivity index (χ1n) is 8.11. The zero-order chi connectivity index (χ0) is 20.0. The molecule has 0 spiro atoms. The minimum atomic E-state index is -3.35. The van der Waals surface area contributed by atoms with Crippen LogP contribution in [0.25, 0.3) is 0 Å². The van der Waals surface area contributed by atoms with E-state index in [4.69, 9.17) is 23.2 Å². The number of hydrogen-bond donors (Lipinski definition) is 2. The van der Waals surface area contributed by atoms with Crippen LogP contribution < -0.4 is 10.0 Å². The van der Waals surface area contributed by atoms with Gasteiger partial charge in [-0.2, -0.15) is 0 Å². The van der Waals surface area contributed by atoms with Crippen LogP contribution in [0.15, 0.2) is 47.5 Å². The number of nitrogens with zero attached hydrogens (tertiary/aromatic N) is 2. The molecule has 0 saturated heterocycles. The number of halogens is 3. The van der Waals surface area contributed by atoms with Crippen LogP contribution in [0.1, 0.15) is 11.1 Å². The molecule has 0 radical (unpaired) electrons. The molecule has 0 saturated carbocycles. The maximum absolute atomic E-state index is 11.5. The van der Waals surface area contributed by atoms with Crippen molar-refractivity contribution in [2.45, 2.75) is 13.1 Å². The number of hydrogen-bond acceptors (Lipinski definition) is 3. The number of rotatable bonds is 6. The van der Waals surface area contributed by atoms with E-state index in [0.717, 1.165) is 17.4 Å². The summed E-state index contributed by atoms with van der Waals surface area (Å²) in [5.74, 6) is 0.662. The molecule has 0 aliphatic heterocycles. The average Bonchev–Trinajstić information content (AvgIpc) is 2.59. The van der Waals surface area contributed by atoms with Gasteiger partial charge in [-0.15, -0.1) is 24.0 Å². The van der Waals surface area contributed by atoms with E-state index in [1.807, 2.05) is 36.2 Å². The van der Waals surface area contributed by atoms with Crippen molar-refractivity contribution >= 4 is 68.8 Å². The summed E-state index contributed by atoms with van der Waals surface area (Å²) in [6, 6.07) is 12.7. The van der Waals surface area contributed by atoms with Gasteiger partial charge in [-0.05, 0) is 29.3 Å². The second-order valence-electron chi connectivity index (χ2n) is 6.04. The van der Waals surface area contributed by atoms with Crippen LogP contribution in [0.5, 0.6) is 0 Å². The fourth-order valence-electron chi connectivity index (χ4n) is 2.52. The number of guanidine groups is 1. The van der Waals surface area contributed by atoms with E-state index in [1.165, 1.54) is 0 Å². The summed E-state index contributed by atoms with van der Waals surface area (Å²) >= 11 is 12.0. The summed E-state index contributed by atoms with van der Waals surface area (Å²) in [5.41, 5.74) is 2.34. The van der Waals surface area contributed by atoms with Crippen LogP contribution in [-0.2, 0) is 23.1 Å². The fourth-order valence-corrected chi connectivity index (χ4v) is 3.44. The maximum Gasteiger partial charge on any atom is 0.229 e. The molecule has 0 heterocycles. The lowest BCUT2D eigenvalue weighted by atomic mass is 10.2. The number of nitrogens with one attached hydrogen (secondary N) is 2.